The molecule has 2 N–H and O–H groups in total. The van der Waals surface area contributed by atoms with E-state index in [-0.39, 0.29) is 28.7 Å². The molecule has 4 rings (SSSR count). The molecule has 0 radical (unpaired) electrons. The number of hydrogen-bond acceptors (Lipinski definition) is 6. The summed E-state index contributed by atoms with van der Waals surface area (Å²) in [5, 5.41) is 2.98. The van der Waals surface area contributed by atoms with Crippen molar-refractivity contribution >= 4 is 21.8 Å². The first-order valence-electron chi connectivity index (χ1n) is 11.6. The molecular formula is C25H32N4O4S. The van der Waals surface area contributed by atoms with E-state index >= 15 is 0 Å². The van der Waals surface area contributed by atoms with E-state index < -0.39 is 16.1 Å². The zero-order chi connectivity index (χ0) is 24.3. The van der Waals surface area contributed by atoms with Crippen molar-refractivity contribution < 1.29 is 17.9 Å². The molecule has 2 aliphatic rings. The molecule has 0 saturated carbocycles. The van der Waals surface area contributed by atoms with Crippen molar-refractivity contribution in [1.29, 1.82) is 0 Å². The van der Waals surface area contributed by atoms with Gasteiger partial charge in [0.1, 0.15) is 11.9 Å². The molecule has 182 valence electrons. The lowest BCUT2D eigenvalue weighted by Gasteiger charge is -2.31. The van der Waals surface area contributed by atoms with E-state index in [2.05, 4.69) is 39.0 Å². The van der Waals surface area contributed by atoms with Crippen molar-refractivity contribution in [2.75, 3.05) is 19.7 Å². The molecule has 1 amide bonds. The Morgan fingerprint density at radius 3 is 2.74 bits per heavy atom. The fraction of sp³-hybridized carbons (Fsp3) is 0.440. The van der Waals surface area contributed by atoms with Crippen molar-refractivity contribution in [3.63, 3.8) is 0 Å². The van der Waals surface area contributed by atoms with Gasteiger partial charge in [-0.2, -0.15) is 0 Å². The third kappa shape index (κ3) is 5.65. The van der Waals surface area contributed by atoms with Gasteiger partial charge in [-0.05, 0) is 36.1 Å². The first kappa shape index (κ1) is 24.4. The summed E-state index contributed by atoms with van der Waals surface area (Å²) in [5.74, 6) is -0.135. The monoisotopic (exact) mass is 484 g/mol. The minimum Gasteiger partial charge on any atom is -0.376 e. The number of morpholine rings is 1. The lowest BCUT2D eigenvalue weighted by atomic mass is 10.0. The summed E-state index contributed by atoms with van der Waals surface area (Å²) in [6.07, 6.45) is 0.238. The minimum absolute atomic E-state index is 0.112. The molecule has 2 aliphatic heterocycles. The van der Waals surface area contributed by atoms with Gasteiger partial charge in [0, 0.05) is 31.7 Å². The summed E-state index contributed by atoms with van der Waals surface area (Å²) < 4.78 is 32.9. The number of aliphatic imine (C=N–C) groups is 1. The number of nitrogens with zero attached hydrogens (tertiary/aromatic N) is 2. The van der Waals surface area contributed by atoms with Crippen LogP contribution >= 0.6 is 0 Å². The average Bonchev–Trinajstić information content (AvgIpc) is 3.06. The normalized spacial score (nSPS) is 21.8. The van der Waals surface area contributed by atoms with Crippen molar-refractivity contribution in [2.45, 2.75) is 50.9 Å². The molecule has 8 nitrogen and oxygen atoms in total. The number of rotatable bonds is 7. The highest BCUT2D eigenvalue weighted by Gasteiger charge is 2.32. The van der Waals surface area contributed by atoms with E-state index in [1.165, 1.54) is 11.6 Å². The van der Waals surface area contributed by atoms with E-state index in [1.54, 1.807) is 18.2 Å². The molecule has 0 aromatic heterocycles. The highest BCUT2D eigenvalue weighted by Crippen LogP contribution is 2.23. The predicted octanol–water partition coefficient (Wildman–Crippen LogP) is 2.29. The number of carbonyl (C=O) groups is 1. The maximum absolute atomic E-state index is 13.0. The summed E-state index contributed by atoms with van der Waals surface area (Å²) >= 11 is 0. The number of sulfonamides is 1. The number of carbonyl (C=O) groups excluding carboxylic acids is 1. The maximum Gasteiger partial charge on any atom is 0.263 e. The van der Waals surface area contributed by atoms with Crippen LogP contribution < -0.4 is 10.0 Å². The van der Waals surface area contributed by atoms with Crippen molar-refractivity contribution in [1.82, 2.24) is 14.9 Å². The molecule has 0 bridgehead atoms. The van der Waals surface area contributed by atoms with E-state index in [1.807, 2.05) is 26.0 Å². The van der Waals surface area contributed by atoms with Gasteiger partial charge in [0.25, 0.3) is 10.0 Å². The first-order valence-corrected chi connectivity index (χ1v) is 13.1. The van der Waals surface area contributed by atoms with Gasteiger partial charge < -0.3 is 10.1 Å². The standard InChI is InChI=1S/C25H32N4O4S/c1-17(2)23(27-24-21-9-4-5-10-22(21)34(31,32)28-24)25(30)26-14-19-7-6-8-20(13-19)16-29-11-12-33-18(3)15-29/h4-10,13,17-18,23H,11-12,14-16H2,1-3H3,(H,26,30)(H,27,28)/t18?,23-/m0/s1. The second-order valence-corrected chi connectivity index (χ2v) is 10.9. The molecule has 1 saturated heterocycles. The molecule has 1 fully saturated rings. The lowest BCUT2D eigenvalue weighted by molar-refractivity contribution is -0.123. The van der Waals surface area contributed by atoms with Gasteiger partial charge in [-0.15, -0.1) is 0 Å². The van der Waals surface area contributed by atoms with Crippen molar-refractivity contribution in [3.8, 4) is 0 Å². The van der Waals surface area contributed by atoms with E-state index in [9.17, 15) is 13.2 Å². The molecule has 2 aromatic rings. The Labute approximate surface area is 201 Å². The van der Waals surface area contributed by atoms with Gasteiger partial charge >= 0.3 is 0 Å². The van der Waals surface area contributed by atoms with E-state index in [0.29, 0.717) is 12.1 Å². The van der Waals surface area contributed by atoms with Crippen LogP contribution in [0.2, 0.25) is 0 Å². The van der Waals surface area contributed by atoms with Gasteiger partial charge in [-0.3, -0.25) is 19.4 Å². The summed E-state index contributed by atoms with van der Waals surface area (Å²) in [6, 6.07) is 14.1. The van der Waals surface area contributed by atoms with Crippen LogP contribution in [0.5, 0.6) is 0 Å². The van der Waals surface area contributed by atoms with E-state index in [4.69, 9.17) is 4.74 Å². The van der Waals surface area contributed by atoms with Crippen LogP contribution in [0.4, 0.5) is 0 Å². The number of ether oxygens (including phenoxy) is 1. The van der Waals surface area contributed by atoms with Crippen molar-refractivity contribution in [2.24, 2.45) is 10.9 Å². The molecule has 0 aliphatic carbocycles. The Balaban J connectivity index is 1.43. The largest absolute Gasteiger partial charge is 0.376 e. The van der Waals surface area contributed by atoms with Crippen LogP contribution in [0.3, 0.4) is 0 Å². The summed E-state index contributed by atoms with van der Waals surface area (Å²) in [7, 11) is -3.65. The Morgan fingerprint density at radius 2 is 1.97 bits per heavy atom. The van der Waals surface area contributed by atoms with Gasteiger partial charge in [0.15, 0.2) is 0 Å². The number of fused-ring (bicyclic) bond motifs is 1. The number of amides is 1. The highest BCUT2D eigenvalue weighted by atomic mass is 32.2. The van der Waals surface area contributed by atoms with E-state index in [0.717, 1.165) is 31.8 Å². The highest BCUT2D eigenvalue weighted by molar-refractivity contribution is 7.90. The van der Waals surface area contributed by atoms with Gasteiger partial charge in [-0.1, -0.05) is 50.2 Å². The molecule has 2 heterocycles. The molecule has 34 heavy (non-hydrogen) atoms. The second-order valence-electron chi connectivity index (χ2n) is 9.22. The summed E-state index contributed by atoms with van der Waals surface area (Å²) in [5.41, 5.74) is 2.69. The summed E-state index contributed by atoms with van der Waals surface area (Å²) in [4.78, 5) is 20.1. The van der Waals surface area contributed by atoms with Crippen LogP contribution in [0.25, 0.3) is 0 Å². The zero-order valence-corrected chi connectivity index (χ0v) is 20.6. The number of nitrogens with one attached hydrogen (secondary N) is 2. The van der Waals surface area contributed by atoms with Gasteiger partial charge in [-0.25, -0.2) is 8.42 Å². The summed E-state index contributed by atoms with van der Waals surface area (Å²) in [6.45, 7) is 9.66. The maximum atomic E-state index is 13.0. The number of hydrogen-bond donors (Lipinski definition) is 2. The van der Waals surface area contributed by atoms with Crippen LogP contribution in [0.1, 0.15) is 37.5 Å². The van der Waals surface area contributed by atoms with Crippen LogP contribution in [-0.2, 0) is 32.6 Å². The smallest absolute Gasteiger partial charge is 0.263 e. The zero-order valence-electron chi connectivity index (χ0n) is 19.8. The van der Waals surface area contributed by atoms with Crippen LogP contribution in [0.15, 0.2) is 58.4 Å². The Kier molecular flexibility index (Phi) is 7.35. The van der Waals surface area contributed by atoms with Gasteiger partial charge in [0.2, 0.25) is 5.91 Å². The SMILES string of the molecule is CC1CN(Cc2cccc(CNC(=O)[C@@H](N=C3NS(=O)(=O)c4ccccc43)C(C)C)c2)CCO1. The molecule has 2 atom stereocenters. The van der Waals surface area contributed by atoms with Gasteiger partial charge in [0.05, 0.1) is 17.6 Å². The topological polar surface area (TPSA) is 100 Å². The van der Waals surface area contributed by atoms with Crippen LogP contribution in [0, 0.1) is 5.92 Å². The van der Waals surface area contributed by atoms with Crippen LogP contribution in [-0.4, -0.2) is 56.9 Å². The number of amidine groups is 1. The number of benzene rings is 2. The molecule has 9 heteroatoms. The molecular weight excluding hydrogens is 452 g/mol. The third-order valence-electron chi connectivity index (χ3n) is 6.02. The second kappa shape index (κ2) is 10.2. The fourth-order valence-electron chi connectivity index (χ4n) is 4.30. The predicted molar refractivity (Wildman–Crippen MR) is 131 cm³/mol. The molecule has 1 unspecified atom stereocenters. The Hall–Kier alpha value is -2.75. The fourth-order valence-corrected chi connectivity index (χ4v) is 5.54. The minimum atomic E-state index is -3.65. The van der Waals surface area contributed by atoms with Crippen molar-refractivity contribution in [3.05, 3.63) is 65.2 Å². The quantitative estimate of drug-likeness (QED) is 0.628. The molecule has 0 spiro atoms. The Morgan fingerprint density at radius 1 is 1.21 bits per heavy atom. The Bertz CT molecular complexity index is 1180. The molecule has 2 aromatic carbocycles. The lowest BCUT2D eigenvalue weighted by Crippen LogP contribution is -2.40. The third-order valence-corrected chi connectivity index (χ3v) is 7.42. The average molecular weight is 485 g/mol. The first-order chi connectivity index (χ1) is 16.2.